The minimum Gasteiger partial charge on any atom is -0.507 e. The summed E-state index contributed by atoms with van der Waals surface area (Å²) in [5, 5.41) is 10.2. The monoisotopic (exact) mass is 285 g/mol. The second-order valence-corrected chi connectivity index (χ2v) is 7.20. The molecule has 2 aliphatic carbocycles. The van der Waals surface area contributed by atoms with Gasteiger partial charge in [0.15, 0.2) is 6.29 Å². The van der Waals surface area contributed by atoms with Gasteiger partial charge < -0.3 is 10.0 Å². The molecule has 1 saturated carbocycles. The maximum absolute atomic E-state index is 11.1. The minimum absolute atomic E-state index is 0.167. The molecule has 3 atom stereocenters. The van der Waals surface area contributed by atoms with E-state index in [1.165, 1.54) is 43.2 Å². The second-order valence-electron chi connectivity index (χ2n) is 7.20. The standard InChI is InChI=1S/C18H23NO2/c1-19-7-6-18-5-3-2-4-14(18)16(19)9-12-8-13(11-20)17(21)10-15(12)18/h8,10-11,14,16,21H,2-7,9H2,1H3/t14-,16+,18+/m0/s1. The van der Waals surface area contributed by atoms with E-state index in [2.05, 4.69) is 11.9 Å². The Morgan fingerprint density at radius 2 is 2.19 bits per heavy atom. The van der Waals surface area contributed by atoms with Crippen LogP contribution in [0.5, 0.6) is 5.75 Å². The first-order chi connectivity index (χ1) is 10.2. The van der Waals surface area contributed by atoms with Crippen LogP contribution in [0.3, 0.4) is 0 Å². The number of piperidine rings is 1. The Balaban J connectivity index is 1.91. The van der Waals surface area contributed by atoms with Crippen molar-refractivity contribution in [1.29, 1.82) is 0 Å². The Morgan fingerprint density at radius 3 is 3.00 bits per heavy atom. The molecule has 3 aliphatic rings. The van der Waals surface area contributed by atoms with Crippen molar-refractivity contribution in [3.63, 3.8) is 0 Å². The van der Waals surface area contributed by atoms with Crippen molar-refractivity contribution in [3.8, 4) is 5.75 Å². The molecular formula is C18H23NO2. The zero-order valence-electron chi connectivity index (χ0n) is 12.6. The van der Waals surface area contributed by atoms with Gasteiger partial charge in [-0.1, -0.05) is 12.8 Å². The van der Waals surface area contributed by atoms with Crippen LogP contribution in [-0.4, -0.2) is 35.9 Å². The SMILES string of the molecule is CN1CC[C@]23CCCC[C@H]2[C@H]1Cc1cc(C=O)c(O)cc13. The number of likely N-dealkylation sites (tertiary alicyclic amines) is 1. The summed E-state index contributed by atoms with van der Waals surface area (Å²) < 4.78 is 0. The van der Waals surface area contributed by atoms with E-state index >= 15 is 0 Å². The Labute approximate surface area is 126 Å². The first kappa shape index (κ1) is 13.3. The van der Waals surface area contributed by atoms with E-state index in [4.69, 9.17) is 0 Å². The van der Waals surface area contributed by atoms with E-state index in [9.17, 15) is 9.90 Å². The molecule has 0 aromatic heterocycles. The first-order valence-corrected chi connectivity index (χ1v) is 8.17. The van der Waals surface area contributed by atoms with Crippen molar-refractivity contribution in [2.75, 3.05) is 13.6 Å². The van der Waals surface area contributed by atoms with Crippen LogP contribution < -0.4 is 0 Å². The summed E-state index contributed by atoms with van der Waals surface area (Å²) >= 11 is 0. The number of carbonyl (C=O) groups excluding carboxylic acids is 1. The van der Waals surface area contributed by atoms with Crippen molar-refractivity contribution in [1.82, 2.24) is 4.90 Å². The molecule has 1 aliphatic heterocycles. The molecule has 2 bridgehead atoms. The van der Waals surface area contributed by atoms with Gasteiger partial charge in [0.2, 0.25) is 0 Å². The number of carbonyl (C=O) groups is 1. The van der Waals surface area contributed by atoms with Crippen LogP contribution in [0.1, 0.15) is 53.6 Å². The summed E-state index contributed by atoms with van der Waals surface area (Å²) in [5.74, 6) is 0.888. The van der Waals surface area contributed by atoms with Crippen molar-refractivity contribution >= 4 is 6.29 Å². The molecule has 3 nitrogen and oxygen atoms in total. The second kappa shape index (κ2) is 4.57. The number of phenols is 1. The summed E-state index contributed by atoms with van der Waals surface area (Å²) in [5.41, 5.74) is 3.34. The molecule has 4 rings (SSSR count). The molecule has 1 saturated heterocycles. The number of likely N-dealkylation sites (N-methyl/N-ethyl adjacent to an activating group) is 1. The van der Waals surface area contributed by atoms with E-state index in [-0.39, 0.29) is 11.2 Å². The Bertz CT molecular complexity index is 597. The Hall–Kier alpha value is -1.35. The third kappa shape index (κ3) is 1.73. The van der Waals surface area contributed by atoms with Gasteiger partial charge in [-0.3, -0.25) is 4.79 Å². The van der Waals surface area contributed by atoms with E-state index in [1.54, 1.807) is 0 Å². The highest BCUT2D eigenvalue weighted by molar-refractivity contribution is 5.80. The molecule has 1 aromatic rings. The molecule has 0 spiro atoms. The van der Waals surface area contributed by atoms with Crippen LogP contribution in [0.2, 0.25) is 0 Å². The van der Waals surface area contributed by atoms with Gasteiger partial charge in [0, 0.05) is 11.5 Å². The molecule has 0 radical (unpaired) electrons. The number of fused-ring (bicyclic) bond motifs is 1. The number of aromatic hydroxyl groups is 1. The molecular weight excluding hydrogens is 262 g/mol. The highest BCUT2D eigenvalue weighted by Crippen LogP contribution is 2.56. The topological polar surface area (TPSA) is 40.5 Å². The maximum Gasteiger partial charge on any atom is 0.153 e. The van der Waals surface area contributed by atoms with E-state index in [0.29, 0.717) is 11.6 Å². The van der Waals surface area contributed by atoms with Gasteiger partial charge in [-0.2, -0.15) is 0 Å². The third-order valence-corrected chi connectivity index (χ3v) is 6.38. The number of aldehydes is 1. The van der Waals surface area contributed by atoms with E-state index < -0.39 is 0 Å². The molecule has 0 unspecified atom stereocenters. The number of phenolic OH excluding ortho intramolecular Hbond substituents is 1. The molecule has 2 fully saturated rings. The fourth-order valence-electron chi connectivity index (χ4n) is 5.36. The average Bonchev–Trinajstić information content (AvgIpc) is 2.51. The van der Waals surface area contributed by atoms with Gasteiger partial charge in [0.25, 0.3) is 0 Å². The fourth-order valence-corrected chi connectivity index (χ4v) is 5.36. The van der Waals surface area contributed by atoms with Crippen LogP contribution in [0.15, 0.2) is 12.1 Å². The lowest BCUT2D eigenvalue weighted by Crippen LogP contribution is -2.59. The zero-order chi connectivity index (χ0) is 14.6. The summed E-state index contributed by atoms with van der Waals surface area (Å²) in [6.07, 6.45) is 8.18. The predicted octanol–water partition coefficient (Wildman–Crippen LogP) is 2.89. The van der Waals surface area contributed by atoms with Gasteiger partial charge in [0.1, 0.15) is 5.75 Å². The highest BCUT2D eigenvalue weighted by Gasteiger charge is 2.53. The fraction of sp³-hybridized carbons (Fsp3) is 0.611. The quantitative estimate of drug-likeness (QED) is 0.807. The van der Waals surface area contributed by atoms with Crippen LogP contribution in [0.25, 0.3) is 0 Å². The summed E-state index contributed by atoms with van der Waals surface area (Å²) in [4.78, 5) is 13.7. The van der Waals surface area contributed by atoms with Crippen molar-refractivity contribution in [2.45, 2.75) is 50.0 Å². The molecule has 1 N–H and O–H groups in total. The zero-order valence-corrected chi connectivity index (χ0v) is 12.6. The van der Waals surface area contributed by atoms with Gasteiger partial charge in [-0.05, 0) is 68.5 Å². The van der Waals surface area contributed by atoms with Gasteiger partial charge in [-0.15, -0.1) is 0 Å². The van der Waals surface area contributed by atoms with Crippen LogP contribution >= 0.6 is 0 Å². The highest BCUT2D eigenvalue weighted by atomic mass is 16.3. The van der Waals surface area contributed by atoms with Crippen molar-refractivity contribution in [3.05, 3.63) is 28.8 Å². The lowest BCUT2D eigenvalue weighted by Gasteiger charge is -2.58. The number of benzene rings is 1. The number of rotatable bonds is 1. The van der Waals surface area contributed by atoms with Crippen molar-refractivity contribution < 1.29 is 9.90 Å². The van der Waals surface area contributed by atoms with E-state index in [1.807, 2.05) is 12.1 Å². The predicted molar refractivity (Wildman–Crippen MR) is 81.9 cm³/mol. The Kier molecular flexibility index (Phi) is 2.90. The molecule has 3 heteroatoms. The maximum atomic E-state index is 11.1. The number of nitrogens with zero attached hydrogens (tertiary/aromatic N) is 1. The third-order valence-electron chi connectivity index (χ3n) is 6.38. The molecule has 21 heavy (non-hydrogen) atoms. The smallest absolute Gasteiger partial charge is 0.153 e. The first-order valence-electron chi connectivity index (χ1n) is 8.17. The largest absolute Gasteiger partial charge is 0.507 e. The van der Waals surface area contributed by atoms with Gasteiger partial charge in [-0.25, -0.2) is 0 Å². The lowest BCUT2D eigenvalue weighted by atomic mass is 9.52. The average molecular weight is 285 g/mol. The summed E-state index contributed by atoms with van der Waals surface area (Å²) in [7, 11) is 2.25. The van der Waals surface area contributed by atoms with Crippen LogP contribution in [0, 0.1) is 5.92 Å². The normalized spacial score (nSPS) is 34.9. The molecule has 1 aromatic carbocycles. The van der Waals surface area contributed by atoms with Crippen LogP contribution in [0.4, 0.5) is 0 Å². The minimum atomic E-state index is 0.167. The van der Waals surface area contributed by atoms with Gasteiger partial charge in [0.05, 0.1) is 5.56 Å². The van der Waals surface area contributed by atoms with Gasteiger partial charge >= 0.3 is 0 Å². The number of hydrogen-bond acceptors (Lipinski definition) is 3. The molecule has 112 valence electrons. The summed E-state index contributed by atoms with van der Waals surface area (Å²) in [6, 6.07) is 4.46. The molecule has 0 amide bonds. The number of hydrogen-bond donors (Lipinski definition) is 1. The van der Waals surface area contributed by atoms with E-state index in [0.717, 1.165) is 25.2 Å². The van der Waals surface area contributed by atoms with Crippen molar-refractivity contribution in [2.24, 2.45) is 5.92 Å². The molecule has 1 heterocycles. The lowest BCUT2D eigenvalue weighted by molar-refractivity contribution is 0.00271. The Morgan fingerprint density at radius 1 is 1.33 bits per heavy atom. The summed E-state index contributed by atoms with van der Waals surface area (Å²) in [6.45, 7) is 1.15. The van der Waals surface area contributed by atoms with Crippen LogP contribution in [-0.2, 0) is 11.8 Å².